The van der Waals surface area contributed by atoms with Crippen molar-refractivity contribution in [3.05, 3.63) is 46.8 Å². The van der Waals surface area contributed by atoms with Gasteiger partial charge in [-0.25, -0.2) is 9.18 Å². The number of alkyl carbamates (subject to hydrolysis) is 1. The third kappa shape index (κ3) is 4.25. The summed E-state index contributed by atoms with van der Waals surface area (Å²) in [6, 6.07) is 6.35. The Hall–Kier alpha value is -1.86. The number of piperidine rings is 3. The van der Waals surface area contributed by atoms with E-state index in [-0.39, 0.29) is 11.9 Å². The third-order valence-corrected chi connectivity index (χ3v) is 6.59. The van der Waals surface area contributed by atoms with Gasteiger partial charge in [-0.05, 0) is 68.8 Å². The van der Waals surface area contributed by atoms with Gasteiger partial charge in [-0.15, -0.1) is 11.8 Å². The molecule has 1 atom stereocenters. The van der Waals surface area contributed by atoms with E-state index in [9.17, 15) is 9.18 Å². The third-order valence-electron chi connectivity index (χ3n) is 5.76. The largest absolute Gasteiger partial charge is 0.445 e. The van der Waals surface area contributed by atoms with Gasteiger partial charge in [0.25, 0.3) is 0 Å². The lowest BCUT2D eigenvalue weighted by Gasteiger charge is -2.44. The summed E-state index contributed by atoms with van der Waals surface area (Å²) in [4.78, 5) is 19.7. The van der Waals surface area contributed by atoms with Crippen molar-refractivity contribution in [1.82, 2.24) is 10.2 Å². The number of nitrogens with one attached hydrogen (secondary N) is 1. The van der Waals surface area contributed by atoms with Crippen LogP contribution < -0.4 is 5.32 Å². The molecule has 0 spiro atoms. The van der Waals surface area contributed by atoms with E-state index in [1.807, 2.05) is 19.3 Å². The quantitative estimate of drug-likeness (QED) is 0.831. The van der Waals surface area contributed by atoms with E-state index >= 15 is 0 Å². The molecule has 150 valence electrons. The number of carbonyl (C=O) groups excluding carboxylic acids is 1. The van der Waals surface area contributed by atoms with Crippen molar-refractivity contribution in [2.75, 3.05) is 25.4 Å². The minimum atomic E-state index is -0.663. The fraction of sp³-hybridized carbons (Fsp3) is 0.524. The van der Waals surface area contributed by atoms with Crippen molar-refractivity contribution in [1.29, 1.82) is 0 Å². The number of carbonyl (C=O) groups is 1. The van der Waals surface area contributed by atoms with E-state index in [2.05, 4.69) is 10.2 Å². The molecule has 5 rings (SSSR count). The van der Waals surface area contributed by atoms with Crippen LogP contribution in [0.5, 0.6) is 0 Å². The van der Waals surface area contributed by atoms with E-state index in [0.29, 0.717) is 5.92 Å². The van der Waals surface area contributed by atoms with Crippen LogP contribution in [-0.2, 0) is 4.74 Å². The van der Waals surface area contributed by atoms with Gasteiger partial charge in [-0.2, -0.15) is 0 Å². The van der Waals surface area contributed by atoms with Gasteiger partial charge in [0, 0.05) is 12.3 Å². The minimum absolute atomic E-state index is 0.0220. The van der Waals surface area contributed by atoms with Crippen LogP contribution in [0.3, 0.4) is 0 Å². The maximum atomic E-state index is 13.2. The molecule has 28 heavy (non-hydrogen) atoms. The molecule has 0 saturated carbocycles. The summed E-state index contributed by atoms with van der Waals surface area (Å²) in [7, 11) is 0. The van der Waals surface area contributed by atoms with Crippen LogP contribution in [0, 0.1) is 11.7 Å². The molecule has 0 aliphatic carbocycles. The average molecular weight is 404 g/mol. The first-order chi connectivity index (χ1) is 13.4. The second kappa shape index (κ2) is 7.87. The van der Waals surface area contributed by atoms with Crippen LogP contribution in [0.1, 0.15) is 32.3 Å². The predicted octanol–water partition coefficient (Wildman–Crippen LogP) is 3.80. The zero-order chi connectivity index (χ0) is 19.7. The molecular weight excluding hydrogens is 377 g/mol. The summed E-state index contributed by atoms with van der Waals surface area (Å²) in [5, 5.41) is 4.96. The first-order valence-electron chi connectivity index (χ1n) is 9.77. The van der Waals surface area contributed by atoms with E-state index < -0.39 is 11.6 Å². The Morgan fingerprint density at radius 3 is 2.64 bits per heavy atom. The van der Waals surface area contributed by atoms with Gasteiger partial charge in [0.2, 0.25) is 0 Å². The highest BCUT2D eigenvalue weighted by Gasteiger charge is 2.37. The second-order valence-electron chi connectivity index (χ2n) is 8.21. The second-order valence-corrected chi connectivity index (χ2v) is 9.07. The zero-order valence-electron chi connectivity index (χ0n) is 16.3. The normalized spacial score (nSPS) is 27.0. The fourth-order valence-corrected chi connectivity index (χ4v) is 4.99. The Balaban J connectivity index is 1.41. The zero-order valence-corrected chi connectivity index (χ0v) is 17.1. The monoisotopic (exact) mass is 403 g/mol. The number of benzene rings is 1. The van der Waals surface area contributed by atoms with Gasteiger partial charge in [0.1, 0.15) is 11.9 Å². The number of thioether (sulfide) groups is 1. The summed E-state index contributed by atoms with van der Waals surface area (Å²) in [5.41, 5.74) is 1.88. The van der Waals surface area contributed by atoms with Gasteiger partial charge in [0.15, 0.2) is 0 Å². The maximum absolute atomic E-state index is 13.2. The van der Waals surface area contributed by atoms with Gasteiger partial charge >= 0.3 is 6.09 Å². The number of hydrogen-bond donors (Lipinski definition) is 1. The summed E-state index contributed by atoms with van der Waals surface area (Å²) in [6.45, 7) is 6.91. The standard InChI is InChI=1S/C21H26FN3O2S/c1-21(2,24-20(26)27-18-11-25-9-7-15(18)8-10-25)19-13-28-12-17(23-19)14-3-5-16(22)6-4-14/h3-6,13,15,18H,7-12H2,1-2H3,(H,24,26). The molecule has 1 N–H and O–H groups in total. The Morgan fingerprint density at radius 1 is 1.29 bits per heavy atom. The Kier molecular flexibility index (Phi) is 5.47. The van der Waals surface area contributed by atoms with Crippen molar-refractivity contribution in [2.24, 2.45) is 10.9 Å². The Morgan fingerprint density at radius 2 is 2.00 bits per heavy atom. The summed E-state index contributed by atoms with van der Waals surface area (Å²) in [6.07, 6.45) is 1.80. The number of nitrogens with zero attached hydrogens (tertiary/aromatic N) is 2. The van der Waals surface area contributed by atoms with Gasteiger partial charge < -0.3 is 10.1 Å². The first-order valence-corrected chi connectivity index (χ1v) is 10.8. The van der Waals surface area contributed by atoms with Gasteiger partial charge in [0.05, 0.1) is 16.9 Å². The Bertz CT molecular complexity index is 798. The number of amides is 1. The topological polar surface area (TPSA) is 53.9 Å². The highest BCUT2D eigenvalue weighted by Crippen LogP contribution is 2.31. The van der Waals surface area contributed by atoms with E-state index in [1.54, 1.807) is 23.9 Å². The molecule has 1 aromatic carbocycles. The van der Waals surface area contributed by atoms with Crippen LogP contribution >= 0.6 is 11.8 Å². The number of fused-ring (bicyclic) bond motifs is 3. The van der Waals surface area contributed by atoms with Crippen LogP contribution in [0.2, 0.25) is 0 Å². The molecule has 4 heterocycles. The first kappa shape index (κ1) is 19.5. The van der Waals surface area contributed by atoms with Crippen LogP contribution in [0.4, 0.5) is 9.18 Å². The number of rotatable bonds is 4. The lowest BCUT2D eigenvalue weighted by Crippen LogP contribution is -2.54. The molecule has 2 bridgehead atoms. The summed E-state index contributed by atoms with van der Waals surface area (Å²) in [5.74, 6) is 0.933. The molecular formula is C21H26FN3O2S. The molecule has 5 nitrogen and oxygen atoms in total. The molecule has 1 aromatic rings. The SMILES string of the molecule is CC(C)(NC(=O)OC1CN2CCC1CC2)C1=CSCC(c2ccc(F)cc2)=N1. The molecule has 4 aliphatic heterocycles. The molecule has 1 unspecified atom stereocenters. The van der Waals surface area contributed by atoms with Crippen molar-refractivity contribution in [3.63, 3.8) is 0 Å². The van der Waals surface area contributed by atoms with E-state index in [1.165, 1.54) is 12.1 Å². The van der Waals surface area contributed by atoms with Crippen LogP contribution in [0.25, 0.3) is 0 Å². The average Bonchev–Trinajstić information content (AvgIpc) is 2.69. The van der Waals surface area contributed by atoms with Crippen LogP contribution in [-0.4, -0.2) is 53.7 Å². The van der Waals surface area contributed by atoms with Crippen molar-refractivity contribution in [2.45, 2.75) is 38.3 Å². The van der Waals surface area contributed by atoms with Gasteiger partial charge in [-0.1, -0.05) is 12.1 Å². The van der Waals surface area contributed by atoms with E-state index in [0.717, 1.165) is 55.2 Å². The highest BCUT2D eigenvalue weighted by atomic mass is 32.2. The minimum Gasteiger partial charge on any atom is -0.445 e. The van der Waals surface area contributed by atoms with E-state index in [4.69, 9.17) is 9.73 Å². The highest BCUT2D eigenvalue weighted by molar-refractivity contribution is 8.02. The fourth-order valence-electron chi connectivity index (χ4n) is 4.01. The molecule has 4 aliphatic rings. The van der Waals surface area contributed by atoms with Crippen molar-refractivity contribution in [3.8, 4) is 0 Å². The lowest BCUT2D eigenvalue weighted by atomic mass is 9.86. The smallest absolute Gasteiger partial charge is 0.408 e. The number of aliphatic imine (C=N–C) groups is 1. The lowest BCUT2D eigenvalue weighted by molar-refractivity contribution is -0.0344. The molecule has 3 saturated heterocycles. The van der Waals surface area contributed by atoms with Crippen molar-refractivity contribution < 1.29 is 13.9 Å². The number of ether oxygens (including phenoxy) is 1. The van der Waals surface area contributed by atoms with Gasteiger partial charge in [-0.3, -0.25) is 9.89 Å². The number of hydrogen-bond acceptors (Lipinski definition) is 5. The molecule has 7 heteroatoms. The molecule has 3 fully saturated rings. The molecule has 0 aromatic heterocycles. The summed E-state index contributed by atoms with van der Waals surface area (Å²) >= 11 is 1.62. The molecule has 1 amide bonds. The Labute approximate surface area is 169 Å². The van der Waals surface area contributed by atoms with Crippen LogP contribution in [0.15, 0.2) is 40.4 Å². The predicted molar refractivity (Wildman–Crippen MR) is 110 cm³/mol. The number of halogens is 1. The molecule has 0 radical (unpaired) electrons. The summed E-state index contributed by atoms with van der Waals surface area (Å²) < 4.78 is 19.0. The maximum Gasteiger partial charge on any atom is 0.408 e. The van der Waals surface area contributed by atoms with Crippen molar-refractivity contribution >= 4 is 23.6 Å².